The molecule has 2 heterocycles. The highest BCUT2D eigenvalue weighted by Gasteiger charge is 2.54. The van der Waals surface area contributed by atoms with Crippen LogP contribution in [0.3, 0.4) is 0 Å². The first-order chi connectivity index (χ1) is 13.1. The Morgan fingerprint density at radius 3 is 2.17 bits per heavy atom. The van der Waals surface area contributed by atoms with Crippen LogP contribution in [-0.4, -0.2) is 66.9 Å². The summed E-state index contributed by atoms with van der Waals surface area (Å²) in [6.07, 6.45) is -1.88. The van der Waals surface area contributed by atoms with Crippen molar-refractivity contribution in [2.45, 2.75) is 95.7 Å². The second-order valence-corrected chi connectivity index (χ2v) is 15.8. The Morgan fingerprint density at radius 2 is 1.76 bits per heavy atom. The number of carbonyl (C=O) groups is 1. The van der Waals surface area contributed by atoms with Crippen molar-refractivity contribution in [3.05, 3.63) is 0 Å². The fraction of sp³-hybridized carbons (Fsp3) is 0.952. The first-order valence-corrected chi connectivity index (χ1v) is 14.9. The topological polar surface area (TPSA) is 74.2 Å². The van der Waals surface area contributed by atoms with Crippen molar-refractivity contribution < 1.29 is 28.5 Å². The predicted molar refractivity (Wildman–Crippen MR) is 119 cm³/mol. The van der Waals surface area contributed by atoms with Gasteiger partial charge in [-0.25, -0.2) is 0 Å². The zero-order chi connectivity index (χ0) is 22.4. The van der Waals surface area contributed by atoms with Gasteiger partial charge in [0.05, 0.1) is 30.2 Å². The van der Waals surface area contributed by atoms with Crippen LogP contribution in [0.2, 0.25) is 19.6 Å². The van der Waals surface area contributed by atoms with E-state index in [-0.39, 0.29) is 29.2 Å². The third-order valence-electron chi connectivity index (χ3n) is 6.05. The van der Waals surface area contributed by atoms with E-state index in [2.05, 4.69) is 42.5 Å². The zero-order valence-corrected chi connectivity index (χ0v) is 21.9. The molecule has 0 aromatic rings. The Hall–Kier alpha value is 0.167. The minimum Gasteiger partial charge on any atom is -0.411 e. The molecule has 0 spiro atoms. The molecule has 0 aliphatic carbocycles. The Bertz CT molecular complexity index is 594. The quantitative estimate of drug-likeness (QED) is 0.409. The molecular formula is C21H39BrO6Si. The van der Waals surface area contributed by atoms with Crippen LogP contribution in [0, 0.1) is 17.8 Å². The molecule has 6 nitrogen and oxygen atoms in total. The van der Waals surface area contributed by atoms with Gasteiger partial charge in [0.25, 0.3) is 0 Å². The predicted octanol–water partition coefficient (Wildman–Crippen LogP) is 3.75. The molecule has 0 aromatic heterocycles. The number of ether oxygens (including phenoxy) is 3. The van der Waals surface area contributed by atoms with Gasteiger partial charge < -0.3 is 23.7 Å². The number of hydrogen-bond donors (Lipinski definition) is 1. The maximum atomic E-state index is 13.0. The van der Waals surface area contributed by atoms with Gasteiger partial charge in [0.15, 0.2) is 19.9 Å². The monoisotopic (exact) mass is 494 g/mol. The number of aliphatic hydroxyl groups excluding tert-OH is 1. The maximum absolute atomic E-state index is 13.0. The second kappa shape index (κ2) is 8.96. The van der Waals surface area contributed by atoms with Crippen LogP contribution in [0.1, 0.15) is 41.5 Å². The van der Waals surface area contributed by atoms with E-state index in [9.17, 15) is 9.90 Å². The molecule has 0 radical (unpaired) electrons. The number of carbonyl (C=O) groups excluding carboxylic acids is 1. The van der Waals surface area contributed by atoms with E-state index in [1.54, 1.807) is 20.8 Å². The van der Waals surface area contributed by atoms with Crippen LogP contribution in [0.25, 0.3) is 0 Å². The lowest BCUT2D eigenvalue weighted by Crippen LogP contribution is -2.57. The van der Waals surface area contributed by atoms with Crippen LogP contribution in [0.15, 0.2) is 0 Å². The first kappa shape index (κ1) is 25.4. The molecule has 8 heteroatoms. The fourth-order valence-electron chi connectivity index (χ4n) is 4.33. The molecule has 29 heavy (non-hydrogen) atoms. The summed E-state index contributed by atoms with van der Waals surface area (Å²) >= 11 is 3.81. The smallest absolute Gasteiger partial charge is 0.184 e. The SMILES string of the molecule is C[C@@H]([C@H](O)[C@@H](C)C(=O)[C@@H]1COC(C)(C)O1)[C@@H](O[Si](C)(C)C)[C@@]1(C)OC[C@@H](C)[C@@H]1Br. The van der Waals surface area contributed by atoms with Gasteiger partial charge in [-0.05, 0) is 46.3 Å². The van der Waals surface area contributed by atoms with E-state index in [1.165, 1.54) is 0 Å². The Morgan fingerprint density at radius 1 is 1.17 bits per heavy atom. The average molecular weight is 496 g/mol. The number of hydrogen-bond acceptors (Lipinski definition) is 6. The van der Waals surface area contributed by atoms with E-state index < -0.39 is 37.8 Å². The Kier molecular flexibility index (Phi) is 7.86. The first-order valence-electron chi connectivity index (χ1n) is 10.6. The van der Waals surface area contributed by atoms with Gasteiger partial charge in [-0.3, -0.25) is 4.79 Å². The molecular weight excluding hydrogens is 456 g/mol. The van der Waals surface area contributed by atoms with Crippen LogP contribution in [-0.2, 0) is 23.4 Å². The normalized spacial score (nSPS) is 36.6. The second-order valence-electron chi connectivity index (χ2n) is 10.4. The van der Waals surface area contributed by atoms with Crippen LogP contribution < -0.4 is 0 Å². The summed E-state index contributed by atoms with van der Waals surface area (Å²) in [4.78, 5) is 13.1. The third kappa shape index (κ3) is 5.70. The summed E-state index contributed by atoms with van der Waals surface area (Å²) in [6.45, 7) is 18.7. The summed E-state index contributed by atoms with van der Waals surface area (Å²) in [5, 5.41) is 11.2. The van der Waals surface area contributed by atoms with Gasteiger partial charge in [0.2, 0.25) is 0 Å². The molecule has 0 amide bonds. The molecule has 2 aliphatic heterocycles. The Balaban J connectivity index is 2.21. The minimum atomic E-state index is -1.94. The third-order valence-corrected chi connectivity index (χ3v) is 8.83. The summed E-state index contributed by atoms with van der Waals surface area (Å²) in [7, 11) is -1.94. The van der Waals surface area contributed by atoms with E-state index >= 15 is 0 Å². The molecule has 8 atom stereocenters. The highest BCUT2D eigenvalue weighted by atomic mass is 79.9. The van der Waals surface area contributed by atoms with Gasteiger partial charge >= 0.3 is 0 Å². The molecule has 0 aromatic carbocycles. The van der Waals surface area contributed by atoms with Gasteiger partial charge in [-0.1, -0.05) is 36.7 Å². The van der Waals surface area contributed by atoms with Gasteiger partial charge in [0.1, 0.15) is 11.7 Å². The van der Waals surface area contributed by atoms with Crippen LogP contribution >= 0.6 is 15.9 Å². The molecule has 0 bridgehead atoms. The van der Waals surface area contributed by atoms with E-state index in [0.29, 0.717) is 12.5 Å². The van der Waals surface area contributed by atoms with Crippen molar-refractivity contribution in [2.24, 2.45) is 17.8 Å². The van der Waals surface area contributed by atoms with E-state index in [4.69, 9.17) is 18.6 Å². The molecule has 2 fully saturated rings. The zero-order valence-electron chi connectivity index (χ0n) is 19.3. The molecule has 2 rings (SSSR count). The largest absolute Gasteiger partial charge is 0.411 e. The van der Waals surface area contributed by atoms with Gasteiger partial charge in [0, 0.05) is 11.8 Å². The number of halogens is 1. The number of alkyl halides is 1. The fourth-order valence-corrected chi connectivity index (χ4v) is 6.09. The standard InChI is InChI=1S/C21H39BrO6Si/c1-12-10-26-21(6,18(12)22)19(28-29(7,8)9)14(3)16(23)13(2)17(24)15-11-25-20(4,5)27-15/h12-16,18-19,23H,10-11H2,1-9H3/t12-,13-,14+,15+,16-,18+,19-,21+/m1/s1. The summed E-state index contributed by atoms with van der Waals surface area (Å²) in [5.74, 6) is -1.47. The van der Waals surface area contributed by atoms with Crippen molar-refractivity contribution in [3.63, 3.8) is 0 Å². The van der Waals surface area contributed by atoms with Gasteiger partial charge in [-0.2, -0.15) is 0 Å². The molecule has 1 N–H and O–H groups in total. The molecule has 0 saturated carbocycles. The number of ketones is 1. The van der Waals surface area contributed by atoms with Crippen molar-refractivity contribution in [1.82, 2.24) is 0 Å². The summed E-state index contributed by atoms with van der Waals surface area (Å²) in [5.41, 5.74) is -0.585. The minimum absolute atomic E-state index is 0.101. The van der Waals surface area contributed by atoms with Crippen molar-refractivity contribution in [2.75, 3.05) is 13.2 Å². The lowest BCUT2D eigenvalue weighted by Gasteiger charge is -2.45. The van der Waals surface area contributed by atoms with E-state index in [1.807, 2.05) is 13.8 Å². The van der Waals surface area contributed by atoms with Gasteiger partial charge in [-0.15, -0.1) is 0 Å². The molecule has 0 unspecified atom stereocenters. The number of aliphatic hydroxyl groups is 1. The van der Waals surface area contributed by atoms with Crippen LogP contribution in [0.4, 0.5) is 0 Å². The summed E-state index contributed by atoms with van der Waals surface area (Å²) in [6, 6.07) is 0. The highest BCUT2D eigenvalue weighted by molar-refractivity contribution is 9.09. The van der Waals surface area contributed by atoms with Crippen LogP contribution in [0.5, 0.6) is 0 Å². The summed E-state index contributed by atoms with van der Waals surface area (Å²) < 4.78 is 24.0. The number of rotatable bonds is 8. The van der Waals surface area contributed by atoms with Crippen molar-refractivity contribution in [1.29, 1.82) is 0 Å². The highest BCUT2D eigenvalue weighted by Crippen LogP contribution is 2.43. The number of Topliss-reactive ketones (excluding diaryl/α,β-unsaturated/α-hetero) is 1. The lowest BCUT2D eigenvalue weighted by molar-refractivity contribution is -0.159. The maximum Gasteiger partial charge on any atom is 0.184 e. The van der Waals surface area contributed by atoms with Crippen molar-refractivity contribution in [3.8, 4) is 0 Å². The average Bonchev–Trinajstić information content (AvgIpc) is 3.11. The van der Waals surface area contributed by atoms with Crippen molar-refractivity contribution >= 4 is 30.0 Å². The van der Waals surface area contributed by atoms with E-state index in [0.717, 1.165) is 0 Å². The lowest BCUT2D eigenvalue weighted by atomic mass is 9.78. The Labute approximate surface area is 185 Å². The molecule has 2 saturated heterocycles. The molecule has 170 valence electrons. The molecule has 2 aliphatic rings.